The molecule has 0 aromatic carbocycles. The van der Waals surface area contributed by atoms with Crippen LogP contribution in [-0.4, -0.2) is 50.7 Å². The second kappa shape index (κ2) is 3.64. The number of carbonyl (C=O) groups excluding carboxylic acids is 1. The van der Waals surface area contributed by atoms with Crippen molar-refractivity contribution < 1.29 is 9.53 Å². The van der Waals surface area contributed by atoms with Crippen LogP contribution in [0.3, 0.4) is 0 Å². The minimum absolute atomic E-state index is 0.118. The number of fused-ring (bicyclic) bond motifs is 1. The van der Waals surface area contributed by atoms with Gasteiger partial charge in [-0.05, 0) is 24.9 Å². The van der Waals surface area contributed by atoms with Crippen LogP contribution in [0.2, 0.25) is 0 Å². The van der Waals surface area contributed by atoms with E-state index < -0.39 is 0 Å². The van der Waals surface area contributed by atoms with Crippen LogP contribution in [0.1, 0.15) is 0 Å². The Labute approximate surface area is 78.2 Å². The van der Waals surface area contributed by atoms with Crippen molar-refractivity contribution >= 4 is 5.97 Å². The van der Waals surface area contributed by atoms with Gasteiger partial charge in [-0.1, -0.05) is 0 Å². The molecule has 0 aromatic heterocycles. The summed E-state index contributed by atoms with van der Waals surface area (Å²) in [4.78, 5) is 13.2. The Morgan fingerprint density at radius 2 is 2.08 bits per heavy atom. The maximum atomic E-state index is 11.0. The van der Waals surface area contributed by atoms with E-state index in [1.807, 2.05) is 0 Å². The smallest absolute Gasteiger partial charge is 0.319 e. The van der Waals surface area contributed by atoms with Gasteiger partial charge in [-0.25, -0.2) is 0 Å². The highest BCUT2D eigenvalue weighted by atomic mass is 16.5. The SMILES string of the molecule is COC(=O)CN1C[C@H]2CNC[C@H]2C1. The molecule has 2 fully saturated rings. The molecule has 13 heavy (non-hydrogen) atoms. The first-order valence-corrected chi connectivity index (χ1v) is 4.79. The molecular weight excluding hydrogens is 168 g/mol. The minimum Gasteiger partial charge on any atom is -0.468 e. The van der Waals surface area contributed by atoms with Crippen molar-refractivity contribution in [2.75, 3.05) is 39.8 Å². The summed E-state index contributed by atoms with van der Waals surface area (Å²) >= 11 is 0. The Morgan fingerprint density at radius 3 is 2.62 bits per heavy atom. The molecule has 2 aliphatic rings. The molecule has 2 saturated heterocycles. The van der Waals surface area contributed by atoms with Gasteiger partial charge < -0.3 is 10.1 Å². The number of ether oxygens (including phenoxy) is 1. The van der Waals surface area contributed by atoms with Crippen LogP contribution in [0.15, 0.2) is 0 Å². The summed E-state index contributed by atoms with van der Waals surface area (Å²) in [5.41, 5.74) is 0. The van der Waals surface area contributed by atoms with E-state index in [-0.39, 0.29) is 5.97 Å². The highest BCUT2D eigenvalue weighted by Gasteiger charge is 2.36. The zero-order valence-corrected chi connectivity index (χ0v) is 7.95. The lowest BCUT2D eigenvalue weighted by Crippen LogP contribution is -2.31. The average Bonchev–Trinajstić information content (AvgIpc) is 2.63. The molecule has 0 radical (unpaired) electrons. The predicted molar refractivity (Wildman–Crippen MR) is 48.3 cm³/mol. The average molecular weight is 184 g/mol. The Morgan fingerprint density at radius 1 is 1.46 bits per heavy atom. The van der Waals surface area contributed by atoms with Gasteiger partial charge in [0.15, 0.2) is 0 Å². The summed E-state index contributed by atoms with van der Waals surface area (Å²) in [5.74, 6) is 1.39. The van der Waals surface area contributed by atoms with Crippen LogP contribution in [-0.2, 0) is 9.53 Å². The van der Waals surface area contributed by atoms with Crippen LogP contribution in [0.4, 0.5) is 0 Å². The number of esters is 1. The maximum Gasteiger partial charge on any atom is 0.319 e. The molecule has 0 spiro atoms. The third kappa shape index (κ3) is 1.84. The highest BCUT2D eigenvalue weighted by Crippen LogP contribution is 2.25. The van der Waals surface area contributed by atoms with Gasteiger partial charge in [0.05, 0.1) is 13.7 Å². The summed E-state index contributed by atoms with van der Waals surface area (Å²) in [5, 5.41) is 3.37. The monoisotopic (exact) mass is 184 g/mol. The van der Waals surface area contributed by atoms with Crippen LogP contribution in [0.25, 0.3) is 0 Å². The molecule has 2 heterocycles. The Balaban J connectivity index is 1.82. The molecule has 0 saturated carbocycles. The molecule has 0 unspecified atom stereocenters. The van der Waals surface area contributed by atoms with E-state index in [4.69, 9.17) is 0 Å². The van der Waals surface area contributed by atoms with Crippen molar-refractivity contribution in [3.8, 4) is 0 Å². The summed E-state index contributed by atoms with van der Waals surface area (Å²) in [6.45, 7) is 4.79. The summed E-state index contributed by atoms with van der Waals surface area (Å²) in [6, 6.07) is 0. The quantitative estimate of drug-likeness (QED) is 0.577. The van der Waals surface area contributed by atoms with Gasteiger partial charge in [-0.15, -0.1) is 0 Å². The Hall–Kier alpha value is -0.610. The number of nitrogens with one attached hydrogen (secondary N) is 1. The van der Waals surface area contributed by atoms with Crippen molar-refractivity contribution in [3.05, 3.63) is 0 Å². The molecule has 2 rings (SSSR count). The molecule has 0 bridgehead atoms. The third-order valence-electron chi connectivity index (χ3n) is 3.05. The first-order valence-electron chi connectivity index (χ1n) is 4.79. The zero-order chi connectivity index (χ0) is 9.26. The first kappa shape index (κ1) is 8.97. The van der Waals surface area contributed by atoms with E-state index in [0.29, 0.717) is 6.54 Å². The first-order chi connectivity index (χ1) is 6.29. The molecule has 1 N–H and O–H groups in total. The zero-order valence-electron chi connectivity index (χ0n) is 7.95. The van der Waals surface area contributed by atoms with E-state index in [0.717, 1.165) is 38.0 Å². The van der Waals surface area contributed by atoms with E-state index >= 15 is 0 Å². The van der Waals surface area contributed by atoms with E-state index in [1.165, 1.54) is 7.11 Å². The van der Waals surface area contributed by atoms with Gasteiger partial charge >= 0.3 is 5.97 Å². The summed E-state index contributed by atoms with van der Waals surface area (Å²) in [7, 11) is 1.45. The largest absolute Gasteiger partial charge is 0.468 e. The lowest BCUT2D eigenvalue weighted by atomic mass is 10.0. The summed E-state index contributed by atoms with van der Waals surface area (Å²) < 4.78 is 4.64. The van der Waals surface area contributed by atoms with E-state index in [9.17, 15) is 4.79 Å². The Bertz CT molecular complexity index is 196. The molecule has 74 valence electrons. The number of nitrogens with zero attached hydrogens (tertiary/aromatic N) is 1. The summed E-state index contributed by atoms with van der Waals surface area (Å²) in [6.07, 6.45) is 0. The normalized spacial score (nSPS) is 33.3. The van der Waals surface area contributed by atoms with Gasteiger partial charge in [0.1, 0.15) is 0 Å². The van der Waals surface area contributed by atoms with Crippen molar-refractivity contribution in [1.29, 1.82) is 0 Å². The lowest BCUT2D eigenvalue weighted by Gasteiger charge is -2.14. The van der Waals surface area contributed by atoms with Gasteiger partial charge in [-0.2, -0.15) is 0 Å². The van der Waals surface area contributed by atoms with Crippen LogP contribution in [0.5, 0.6) is 0 Å². The van der Waals surface area contributed by atoms with Crippen LogP contribution < -0.4 is 5.32 Å². The van der Waals surface area contributed by atoms with Crippen LogP contribution >= 0.6 is 0 Å². The molecule has 0 amide bonds. The molecular formula is C9H16N2O2. The molecule has 0 aliphatic carbocycles. The molecule has 2 aliphatic heterocycles. The number of methoxy groups -OCH3 is 1. The van der Waals surface area contributed by atoms with Gasteiger partial charge in [0.2, 0.25) is 0 Å². The van der Waals surface area contributed by atoms with Crippen molar-refractivity contribution in [2.45, 2.75) is 0 Å². The number of rotatable bonds is 2. The fraction of sp³-hybridized carbons (Fsp3) is 0.889. The third-order valence-corrected chi connectivity index (χ3v) is 3.05. The highest BCUT2D eigenvalue weighted by molar-refractivity contribution is 5.71. The standard InChI is InChI=1S/C9H16N2O2/c1-13-9(12)6-11-4-7-2-10-3-8(7)5-11/h7-8,10H,2-6H2,1H3/t7-,8+. The minimum atomic E-state index is -0.118. The fourth-order valence-corrected chi connectivity index (χ4v) is 2.33. The van der Waals surface area contributed by atoms with Crippen molar-refractivity contribution in [1.82, 2.24) is 10.2 Å². The second-order valence-electron chi connectivity index (χ2n) is 3.95. The second-order valence-corrected chi connectivity index (χ2v) is 3.95. The lowest BCUT2D eigenvalue weighted by molar-refractivity contribution is -0.141. The van der Waals surface area contributed by atoms with Gasteiger partial charge in [0, 0.05) is 13.1 Å². The van der Waals surface area contributed by atoms with E-state index in [1.54, 1.807) is 0 Å². The van der Waals surface area contributed by atoms with Crippen molar-refractivity contribution in [3.63, 3.8) is 0 Å². The molecule has 0 aromatic rings. The number of hydrogen-bond donors (Lipinski definition) is 1. The fourth-order valence-electron chi connectivity index (χ4n) is 2.33. The number of likely N-dealkylation sites (tertiary alicyclic amines) is 1. The maximum absolute atomic E-state index is 11.0. The number of carbonyl (C=O) groups is 1. The molecule has 4 nitrogen and oxygen atoms in total. The van der Waals surface area contributed by atoms with Gasteiger partial charge in [-0.3, -0.25) is 9.69 Å². The van der Waals surface area contributed by atoms with Crippen LogP contribution in [0, 0.1) is 11.8 Å². The molecule has 2 atom stereocenters. The topological polar surface area (TPSA) is 41.6 Å². The Kier molecular flexibility index (Phi) is 2.51. The van der Waals surface area contributed by atoms with Gasteiger partial charge in [0.25, 0.3) is 0 Å². The number of hydrogen-bond acceptors (Lipinski definition) is 4. The predicted octanol–water partition coefficient (Wildman–Crippen LogP) is -0.689. The van der Waals surface area contributed by atoms with Crippen molar-refractivity contribution in [2.24, 2.45) is 11.8 Å². The molecule has 4 heteroatoms. The van der Waals surface area contributed by atoms with E-state index in [2.05, 4.69) is 15.0 Å².